The molecule has 1 rings (SSSR count). The van der Waals surface area contributed by atoms with E-state index in [0.29, 0.717) is 0 Å². The first-order chi connectivity index (χ1) is 7.13. The van der Waals surface area contributed by atoms with Crippen LogP contribution in [-0.4, -0.2) is 24.2 Å². The third kappa shape index (κ3) is 4.10. The third-order valence-electron chi connectivity index (χ3n) is 2.42. The van der Waals surface area contributed by atoms with Crippen LogP contribution in [0, 0.1) is 6.92 Å². The van der Waals surface area contributed by atoms with E-state index < -0.39 is 0 Å². The Labute approximate surface area is 98.2 Å². The molecule has 1 aromatic carbocycles. The lowest BCUT2D eigenvalue weighted by molar-refractivity contribution is 0.355. The highest BCUT2D eigenvalue weighted by Gasteiger charge is 2.03. The molecule has 0 aliphatic rings. The zero-order chi connectivity index (χ0) is 11.3. The van der Waals surface area contributed by atoms with Crippen LogP contribution < -0.4 is 0 Å². The highest BCUT2D eigenvalue weighted by atomic mass is 32.1. The van der Waals surface area contributed by atoms with Gasteiger partial charge >= 0.3 is 0 Å². The van der Waals surface area contributed by atoms with E-state index in [9.17, 15) is 0 Å². The minimum absolute atomic E-state index is 0.762. The lowest BCUT2D eigenvalue weighted by Crippen LogP contribution is -2.21. The largest absolute Gasteiger partial charge is 0.298 e. The summed E-state index contributed by atoms with van der Waals surface area (Å²) in [5, 5.41) is 0. The van der Waals surface area contributed by atoms with Gasteiger partial charge in [-0.05, 0) is 25.1 Å². The van der Waals surface area contributed by atoms with Crippen LogP contribution in [0.2, 0.25) is 0 Å². The van der Waals surface area contributed by atoms with Crippen molar-refractivity contribution in [3.63, 3.8) is 0 Å². The number of benzene rings is 1. The minimum Gasteiger partial charge on any atom is -0.298 e. The van der Waals surface area contributed by atoms with Crippen molar-refractivity contribution in [1.82, 2.24) is 4.90 Å². The molecule has 0 aliphatic heterocycles. The molecule has 0 aromatic heterocycles. The predicted octanol–water partition coefficient (Wildman–Crippen LogP) is 2.91. The van der Waals surface area contributed by atoms with Crippen LogP contribution in [0.1, 0.15) is 11.1 Å². The summed E-state index contributed by atoms with van der Waals surface area (Å²) in [6.45, 7) is 7.99. The maximum absolute atomic E-state index is 4.21. The van der Waals surface area contributed by atoms with Gasteiger partial charge in [-0.3, -0.25) is 4.90 Å². The number of aryl methyl sites for hydroxylation is 1. The summed E-state index contributed by atoms with van der Waals surface area (Å²) in [5.74, 6) is 0.762. The van der Waals surface area contributed by atoms with E-state index >= 15 is 0 Å². The Morgan fingerprint density at radius 3 is 2.67 bits per heavy atom. The maximum atomic E-state index is 4.21. The van der Waals surface area contributed by atoms with Gasteiger partial charge in [0.05, 0.1) is 0 Å². The molecule has 2 heteroatoms. The van der Waals surface area contributed by atoms with E-state index in [2.05, 4.69) is 62.3 Å². The molecule has 1 nitrogen and oxygen atoms in total. The zero-order valence-corrected chi connectivity index (χ0v) is 10.4. The van der Waals surface area contributed by atoms with Gasteiger partial charge in [0.1, 0.15) is 0 Å². The van der Waals surface area contributed by atoms with Crippen LogP contribution in [0.25, 0.3) is 0 Å². The summed E-state index contributed by atoms with van der Waals surface area (Å²) in [7, 11) is 2.11. The molecule has 0 saturated carbocycles. The topological polar surface area (TPSA) is 3.24 Å². The van der Waals surface area contributed by atoms with E-state index in [0.717, 1.165) is 24.4 Å². The zero-order valence-electron chi connectivity index (χ0n) is 9.53. The molecule has 82 valence electrons. The third-order valence-corrected chi connectivity index (χ3v) is 2.87. The number of likely N-dealkylation sites (N-methyl/N-ethyl adjacent to an activating group) is 1. The summed E-state index contributed by atoms with van der Waals surface area (Å²) in [5.41, 5.74) is 3.89. The fourth-order valence-corrected chi connectivity index (χ4v) is 1.67. The molecular formula is C13H19NS. The Morgan fingerprint density at radius 2 is 2.07 bits per heavy atom. The maximum Gasteiger partial charge on any atom is 0.0236 e. The van der Waals surface area contributed by atoms with Crippen molar-refractivity contribution in [2.45, 2.75) is 13.5 Å². The lowest BCUT2D eigenvalue weighted by atomic mass is 10.1. The first-order valence-corrected chi connectivity index (χ1v) is 5.77. The molecule has 0 amide bonds. The second-order valence-corrected chi connectivity index (χ2v) is 4.32. The van der Waals surface area contributed by atoms with Gasteiger partial charge in [0, 0.05) is 18.8 Å². The van der Waals surface area contributed by atoms with Gasteiger partial charge in [-0.2, -0.15) is 12.6 Å². The van der Waals surface area contributed by atoms with Gasteiger partial charge in [-0.25, -0.2) is 0 Å². The Kier molecular flexibility index (Phi) is 4.92. The van der Waals surface area contributed by atoms with Crippen LogP contribution >= 0.6 is 12.6 Å². The van der Waals surface area contributed by atoms with Crippen molar-refractivity contribution in [3.8, 4) is 0 Å². The van der Waals surface area contributed by atoms with Crippen molar-refractivity contribution < 1.29 is 0 Å². The minimum atomic E-state index is 0.762. The summed E-state index contributed by atoms with van der Waals surface area (Å²) >= 11 is 4.21. The average Bonchev–Trinajstić information content (AvgIpc) is 2.21. The molecular weight excluding hydrogens is 202 g/mol. The van der Waals surface area contributed by atoms with Gasteiger partial charge in [-0.1, -0.05) is 36.4 Å². The highest BCUT2D eigenvalue weighted by Crippen LogP contribution is 2.10. The fourth-order valence-electron chi connectivity index (χ4n) is 1.57. The van der Waals surface area contributed by atoms with Gasteiger partial charge in [0.15, 0.2) is 0 Å². The van der Waals surface area contributed by atoms with Crippen LogP contribution in [-0.2, 0) is 6.54 Å². The number of hydrogen-bond donors (Lipinski definition) is 1. The van der Waals surface area contributed by atoms with Crippen molar-refractivity contribution in [2.75, 3.05) is 19.3 Å². The number of nitrogens with zero attached hydrogens (tertiary/aromatic N) is 1. The normalized spacial score (nSPS) is 10.7. The highest BCUT2D eigenvalue weighted by molar-refractivity contribution is 7.80. The monoisotopic (exact) mass is 221 g/mol. The van der Waals surface area contributed by atoms with Gasteiger partial charge < -0.3 is 0 Å². The number of thiol groups is 1. The molecule has 15 heavy (non-hydrogen) atoms. The van der Waals surface area contributed by atoms with E-state index in [-0.39, 0.29) is 0 Å². The van der Waals surface area contributed by atoms with Crippen LogP contribution in [0.15, 0.2) is 36.4 Å². The predicted molar refractivity (Wildman–Crippen MR) is 70.5 cm³/mol. The summed E-state index contributed by atoms with van der Waals surface area (Å²) < 4.78 is 0. The van der Waals surface area contributed by atoms with Crippen LogP contribution in [0.4, 0.5) is 0 Å². The summed E-state index contributed by atoms with van der Waals surface area (Å²) in [6.07, 6.45) is 0. The molecule has 0 N–H and O–H groups in total. The number of rotatable bonds is 5. The molecule has 0 spiro atoms. The van der Waals surface area contributed by atoms with Crippen LogP contribution in [0.3, 0.4) is 0 Å². The second kappa shape index (κ2) is 5.99. The van der Waals surface area contributed by atoms with E-state index in [1.165, 1.54) is 11.1 Å². The van der Waals surface area contributed by atoms with E-state index in [1.54, 1.807) is 0 Å². The van der Waals surface area contributed by atoms with E-state index in [1.807, 2.05) is 0 Å². The molecule has 0 heterocycles. The van der Waals surface area contributed by atoms with Crippen molar-refractivity contribution >= 4 is 12.6 Å². The quantitative estimate of drug-likeness (QED) is 0.591. The van der Waals surface area contributed by atoms with Crippen molar-refractivity contribution in [2.24, 2.45) is 0 Å². The van der Waals surface area contributed by atoms with Gasteiger partial charge in [0.25, 0.3) is 0 Å². The SMILES string of the molecule is C=C(CS)CN(C)Cc1ccccc1C. The molecule has 0 bridgehead atoms. The molecule has 0 fully saturated rings. The summed E-state index contributed by atoms with van der Waals surface area (Å²) in [6, 6.07) is 8.49. The molecule has 0 saturated heterocycles. The molecule has 1 aromatic rings. The Bertz CT molecular complexity index is 333. The fraction of sp³-hybridized carbons (Fsp3) is 0.385. The Balaban J connectivity index is 2.55. The lowest BCUT2D eigenvalue weighted by Gasteiger charge is -2.18. The van der Waals surface area contributed by atoms with Gasteiger partial charge in [-0.15, -0.1) is 0 Å². The average molecular weight is 221 g/mol. The Morgan fingerprint density at radius 1 is 1.40 bits per heavy atom. The van der Waals surface area contributed by atoms with Gasteiger partial charge in [0.2, 0.25) is 0 Å². The molecule has 0 atom stereocenters. The smallest absolute Gasteiger partial charge is 0.0236 e. The molecule has 0 radical (unpaired) electrons. The van der Waals surface area contributed by atoms with E-state index in [4.69, 9.17) is 0 Å². The second-order valence-electron chi connectivity index (χ2n) is 4.01. The number of hydrogen-bond acceptors (Lipinski definition) is 2. The first kappa shape index (κ1) is 12.3. The Hall–Kier alpha value is -0.730. The van der Waals surface area contributed by atoms with Crippen LogP contribution in [0.5, 0.6) is 0 Å². The van der Waals surface area contributed by atoms with Crippen molar-refractivity contribution in [3.05, 3.63) is 47.5 Å². The molecule has 0 aliphatic carbocycles. The standard InChI is InChI=1S/C13H19NS/c1-11(10-15)8-14(3)9-13-7-5-4-6-12(13)2/h4-7,15H,1,8-10H2,2-3H3. The van der Waals surface area contributed by atoms with Crippen molar-refractivity contribution in [1.29, 1.82) is 0 Å². The summed E-state index contributed by atoms with van der Waals surface area (Å²) in [4.78, 5) is 2.26. The first-order valence-electron chi connectivity index (χ1n) is 5.14. The molecule has 0 unspecified atom stereocenters.